The fraction of sp³-hybridized carbons (Fsp3) is 0.333. The summed E-state index contributed by atoms with van der Waals surface area (Å²) in [4.78, 5) is 4.33. The van der Waals surface area contributed by atoms with Gasteiger partial charge in [0, 0.05) is 11.4 Å². The van der Waals surface area contributed by atoms with Crippen molar-refractivity contribution < 1.29 is 4.52 Å². The summed E-state index contributed by atoms with van der Waals surface area (Å²) >= 11 is 7.59. The Hall–Kier alpha value is -1.00. The van der Waals surface area contributed by atoms with Gasteiger partial charge in [0.1, 0.15) is 0 Å². The molecule has 1 aromatic heterocycles. The van der Waals surface area contributed by atoms with Crippen LogP contribution in [0.25, 0.3) is 0 Å². The van der Waals surface area contributed by atoms with Crippen LogP contribution in [0, 0.1) is 0 Å². The van der Waals surface area contributed by atoms with Crippen molar-refractivity contribution in [3.8, 4) is 0 Å². The van der Waals surface area contributed by atoms with Crippen LogP contribution >= 0.6 is 23.4 Å². The molecule has 0 saturated carbocycles. The van der Waals surface area contributed by atoms with Gasteiger partial charge in [-0.25, -0.2) is 0 Å². The van der Waals surface area contributed by atoms with Gasteiger partial charge in [-0.05, 0) is 23.4 Å². The van der Waals surface area contributed by atoms with Crippen LogP contribution < -0.4 is 0 Å². The Balaban J connectivity index is 1.98. The molecule has 1 aromatic carbocycles. The molecule has 0 aliphatic heterocycles. The van der Waals surface area contributed by atoms with Gasteiger partial charge < -0.3 is 4.52 Å². The lowest BCUT2D eigenvalue weighted by Gasteiger charge is -1.96. The van der Waals surface area contributed by atoms with E-state index < -0.39 is 0 Å². The number of thioether (sulfide) groups is 1. The number of aromatic nitrogens is 2. The van der Waals surface area contributed by atoms with Crippen molar-refractivity contribution in [3.05, 3.63) is 46.6 Å². The molecular weight excluding hydrogens is 256 g/mol. The van der Waals surface area contributed by atoms with Crippen LogP contribution in [0.1, 0.15) is 24.2 Å². The molecule has 0 radical (unpaired) electrons. The van der Waals surface area contributed by atoms with Gasteiger partial charge in [-0.15, -0.1) is 0 Å². The van der Waals surface area contributed by atoms with E-state index in [1.54, 1.807) is 11.8 Å². The number of hydrogen-bond acceptors (Lipinski definition) is 4. The van der Waals surface area contributed by atoms with Gasteiger partial charge in [-0.2, -0.15) is 16.7 Å². The Morgan fingerprint density at radius 3 is 2.76 bits per heavy atom. The van der Waals surface area contributed by atoms with Crippen molar-refractivity contribution >= 4 is 23.4 Å². The minimum Gasteiger partial charge on any atom is -0.338 e. The lowest BCUT2D eigenvalue weighted by Crippen LogP contribution is -1.91. The van der Waals surface area contributed by atoms with E-state index >= 15 is 0 Å². The molecular formula is C12H13ClN2OS. The number of halogens is 1. The van der Waals surface area contributed by atoms with E-state index in [0.717, 1.165) is 27.9 Å². The molecule has 0 unspecified atom stereocenters. The van der Waals surface area contributed by atoms with Gasteiger partial charge in [-0.3, -0.25) is 0 Å². The van der Waals surface area contributed by atoms with Crippen LogP contribution in [0.4, 0.5) is 0 Å². The maximum atomic E-state index is 5.82. The summed E-state index contributed by atoms with van der Waals surface area (Å²) in [6.07, 6.45) is 0.678. The summed E-state index contributed by atoms with van der Waals surface area (Å²) in [5.74, 6) is 3.25. The first kappa shape index (κ1) is 12.5. The highest BCUT2D eigenvalue weighted by Gasteiger charge is 2.06. The zero-order valence-electron chi connectivity index (χ0n) is 9.52. The summed E-state index contributed by atoms with van der Waals surface area (Å²) < 4.78 is 5.15. The predicted octanol–water partition coefficient (Wildman–Crippen LogP) is 3.57. The van der Waals surface area contributed by atoms with Gasteiger partial charge in [-0.1, -0.05) is 35.8 Å². The van der Waals surface area contributed by atoms with E-state index in [1.807, 2.05) is 24.3 Å². The van der Waals surface area contributed by atoms with Gasteiger partial charge in [0.05, 0.1) is 5.75 Å². The average Bonchev–Trinajstić information content (AvgIpc) is 2.77. The highest BCUT2D eigenvalue weighted by atomic mass is 35.5. The molecule has 2 aromatic rings. The Labute approximate surface area is 110 Å². The van der Waals surface area contributed by atoms with E-state index in [-0.39, 0.29) is 0 Å². The second-order valence-electron chi connectivity index (χ2n) is 3.54. The topological polar surface area (TPSA) is 38.9 Å². The monoisotopic (exact) mass is 268 g/mol. The minimum atomic E-state index is 0.678. The van der Waals surface area contributed by atoms with E-state index in [1.165, 1.54) is 0 Å². The molecule has 1 heterocycles. The fourth-order valence-corrected chi connectivity index (χ4v) is 2.02. The second kappa shape index (κ2) is 6.07. The molecule has 0 spiro atoms. The Morgan fingerprint density at radius 2 is 2.06 bits per heavy atom. The molecule has 3 nitrogen and oxygen atoms in total. The Bertz CT molecular complexity index is 470. The van der Waals surface area contributed by atoms with Crippen LogP contribution in [-0.4, -0.2) is 15.9 Å². The van der Waals surface area contributed by atoms with E-state index in [9.17, 15) is 0 Å². The molecule has 0 saturated heterocycles. The van der Waals surface area contributed by atoms with Crippen LogP contribution in [-0.2, 0) is 12.2 Å². The van der Waals surface area contributed by atoms with Gasteiger partial charge in [0.15, 0.2) is 5.82 Å². The third-order valence-electron chi connectivity index (χ3n) is 2.22. The molecule has 0 fully saturated rings. The molecule has 0 aliphatic carbocycles. The number of benzene rings is 1. The van der Waals surface area contributed by atoms with E-state index in [0.29, 0.717) is 12.3 Å². The molecule has 0 N–H and O–H groups in total. The Kier molecular flexibility index (Phi) is 4.45. The first-order valence-corrected chi connectivity index (χ1v) is 6.95. The fourth-order valence-electron chi connectivity index (χ4n) is 1.39. The molecule has 17 heavy (non-hydrogen) atoms. The van der Waals surface area contributed by atoms with E-state index in [4.69, 9.17) is 16.1 Å². The van der Waals surface area contributed by atoms with Crippen molar-refractivity contribution in [1.82, 2.24) is 10.1 Å². The molecule has 5 heteroatoms. The summed E-state index contributed by atoms with van der Waals surface area (Å²) in [5.41, 5.74) is 1.13. The van der Waals surface area contributed by atoms with Gasteiger partial charge >= 0.3 is 0 Å². The summed E-state index contributed by atoms with van der Waals surface area (Å²) in [5, 5.41) is 4.69. The van der Waals surface area contributed by atoms with Crippen LogP contribution in [0.5, 0.6) is 0 Å². The maximum Gasteiger partial charge on any atom is 0.236 e. The normalized spacial score (nSPS) is 10.7. The molecule has 0 bridgehead atoms. The maximum absolute atomic E-state index is 5.82. The largest absolute Gasteiger partial charge is 0.338 e. The first-order valence-electron chi connectivity index (χ1n) is 5.41. The molecule has 0 amide bonds. The molecule has 2 rings (SSSR count). The van der Waals surface area contributed by atoms with Crippen LogP contribution in [0.2, 0.25) is 5.02 Å². The average molecular weight is 269 g/mol. The number of rotatable bonds is 5. The van der Waals surface area contributed by atoms with Crippen molar-refractivity contribution in [2.45, 2.75) is 19.1 Å². The second-order valence-corrected chi connectivity index (χ2v) is 5.26. The van der Waals surface area contributed by atoms with Crippen molar-refractivity contribution in [2.24, 2.45) is 0 Å². The Morgan fingerprint density at radius 1 is 1.29 bits per heavy atom. The number of nitrogens with zero attached hydrogens (tertiary/aromatic N) is 2. The smallest absolute Gasteiger partial charge is 0.236 e. The van der Waals surface area contributed by atoms with Crippen LogP contribution in [0.15, 0.2) is 28.8 Å². The van der Waals surface area contributed by atoms with E-state index in [2.05, 4.69) is 17.1 Å². The molecule has 0 atom stereocenters. The first-order chi connectivity index (χ1) is 8.28. The third-order valence-corrected chi connectivity index (χ3v) is 3.33. The summed E-state index contributed by atoms with van der Waals surface area (Å²) in [6, 6.07) is 7.67. The molecule has 0 aliphatic rings. The van der Waals surface area contributed by atoms with Gasteiger partial charge in [0.25, 0.3) is 0 Å². The zero-order valence-corrected chi connectivity index (χ0v) is 11.1. The number of hydrogen-bond donors (Lipinski definition) is 0. The van der Waals surface area contributed by atoms with Gasteiger partial charge in [0.2, 0.25) is 5.89 Å². The SMILES string of the molecule is CCSCc1nc(Cc2ccc(Cl)cc2)no1. The van der Waals surface area contributed by atoms with Crippen molar-refractivity contribution in [2.75, 3.05) is 5.75 Å². The van der Waals surface area contributed by atoms with Crippen molar-refractivity contribution in [3.63, 3.8) is 0 Å². The highest BCUT2D eigenvalue weighted by molar-refractivity contribution is 7.98. The highest BCUT2D eigenvalue weighted by Crippen LogP contribution is 2.14. The summed E-state index contributed by atoms with van der Waals surface area (Å²) in [7, 11) is 0. The lowest BCUT2D eigenvalue weighted by molar-refractivity contribution is 0.386. The van der Waals surface area contributed by atoms with Crippen molar-refractivity contribution in [1.29, 1.82) is 0 Å². The predicted molar refractivity (Wildman–Crippen MR) is 70.4 cm³/mol. The van der Waals surface area contributed by atoms with Crippen LogP contribution in [0.3, 0.4) is 0 Å². The quantitative estimate of drug-likeness (QED) is 0.831. The zero-order chi connectivity index (χ0) is 12.1. The molecule has 90 valence electrons. The lowest BCUT2D eigenvalue weighted by atomic mass is 10.1. The third kappa shape index (κ3) is 3.75. The standard InChI is InChI=1S/C12H13ClN2OS/c1-2-17-8-12-14-11(15-16-12)7-9-3-5-10(13)6-4-9/h3-6H,2,7-8H2,1H3. The minimum absolute atomic E-state index is 0.678. The summed E-state index contributed by atoms with van der Waals surface area (Å²) in [6.45, 7) is 2.11.